The molecule has 1 atom stereocenters. The van der Waals surface area contributed by atoms with Crippen LogP contribution < -0.4 is 10.1 Å². The van der Waals surface area contributed by atoms with E-state index >= 15 is 0 Å². The zero-order valence-corrected chi connectivity index (χ0v) is 21.0. The summed E-state index contributed by atoms with van der Waals surface area (Å²) in [5, 5.41) is 8.71. The first-order valence-corrected chi connectivity index (χ1v) is 13.3. The molecule has 3 heterocycles. The Labute approximate surface area is 212 Å². The number of hydrogen-bond acceptors (Lipinski definition) is 6. The van der Waals surface area contributed by atoms with Gasteiger partial charge in [-0.25, -0.2) is 22.5 Å². The lowest BCUT2D eigenvalue weighted by Gasteiger charge is -2.23. The van der Waals surface area contributed by atoms with Gasteiger partial charge in [0.05, 0.1) is 45.9 Å². The minimum atomic E-state index is -3.19. The molecule has 0 saturated carbocycles. The van der Waals surface area contributed by atoms with Crippen molar-refractivity contribution in [2.75, 3.05) is 18.6 Å². The van der Waals surface area contributed by atoms with Crippen LogP contribution in [0.5, 0.6) is 5.88 Å². The van der Waals surface area contributed by atoms with Gasteiger partial charge in [0.1, 0.15) is 11.5 Å². The fraction of sp³-hybridized carbons (Fsp3) is 0.240. The Bertz CT molecular complexity index is 1600. The Balaban J connectivity index is 1.64. The van der Waals surface area contributed by atoms with Crippen LogP contribution >= 0.6 is 11.6 Å². The van der Waals surface area contributed by atoms with Gasteiger partial charge in [-0.05, 0) is 61.9 Å². The fourth-order valence-corrected chi connectivity index (χ4v) is 6.70. The molecule has 1 aliphatic rings. The number of carbonyl (C=O) groups is 1. The predicted octanol–water partition coefficient (Wildman–Crippen LogP) is 4.20. The Hall–Kier alpha value is -3.50. The van der Waals surface area contributed by atoms with Crippen molar-refractivity contribution in [3.8, 4) is 22.8 Å². The van der Waals surface area contributed by atoms with Crippen LogP contribution in [0.3, 0.4) is 0 Å². The quantitative estimate of drug-likeness (QED) is 0.416. The summed E-state index contributed by atoms with van der Waals surface area (Å²) in [6.07, 6.45) is 1.82. The Morgan fingerprint density at radius 3 is 2.61 bits per heavy atom. The van der Waals surface area contributed by atoms with Crippen molar-refractivity contribution in [1.82, 2.24) is 20.1 Å². The number of pyridine rings is 1. The maximum absolute atomic E-state index is 13.6. The molecule has 1 N–H and O–H groups in total. The molecule has 1 amide bonds. The lowest BCUT2D eigenvalue weighted by atomic mass is 10.0. The number of nitrogens with zero attached hydrogens (tertiary/aromatic N) is 3. The van der Waals surface area contributed by atoms with Gasteiger partial charge in [-0.15, -0.1) is 0 Å². The zero-order chi connectivity index (χ0) is 25.7. The second-order valence-electron chi connectivity index (χ2n) is 9.04. The minimum Gasteiger partial charge on any atom is -0.481 e. The molecule has 1 saturated heterocycles. The van der Waals surface area contributed by atoms with Gasteiger partial charge in [-0.1, -0.05) is 11.6 Å². The normalized spacial score (nSPS) is 18.9. The van der Waals surface area contributed by atoms with Gasteiger partial charge in [-0.2, -0.15) is 5.10 Å². The maximum Gasteiger partial charge on any atom is 0.251 e. The third-order valence-corrected chi connectivity index (χ3v) is 8.31. The van der Waals surface area contributed by atoms with Gasteiger partial charge in [0.25, 0.3) is 5.91 Å². The van der Waals surface area contributed by atoms with Crippen LogP contribution in [0.1, 0.15) is 23.7 Å². The van der Waals surface area contributed by atoms with Gasteiger partial charge in [0, 0.05) is 17.1 Å². The lowest BCUT2D eigenvalue weighted by Crippen LogP contribution is -2.46. The lowest BCUT2D eigenvalue weighted by molar-refractivity contribution is 0.0915. The number of halogens is 2. The van der Waals surface area contributed by atoms with Gasteiger partial charge < -0.3 is 10.1 Å². The van der Waals surface area contributed by atoms with Crippen LogP contribution in [-0.4, -0.2) is 53.2 Å². The van der Waals surface area contributed by atoms with E-state index in [-0.39, 0.29) is 11.5 Å². The topological polar surface area (TPSA) is 103 Å². The molecule has 0 bridgehead atoms. The molecule has 1 aliphatic heterocycles. The smallest absolute Gasteiger partial charge is 0.251 e. The van der Waals surface area contributed by atoms with Gasteiger partial charge in [0.2, 0.25) is 5.88 Å². The molecule has 186 valence electrons. The van der Waals surface area contributed by atoms with Gasteiger partial charge in [-0.3, -0.25) is 4.79 Å². The van der Waals surface area contributed by atoms with E-state index in [1.54, 1.807) is 48.0 Å². The van der Waals surface area contributed by atoms with Crippen molar-refractivity contribution < 1.29 is 22.3 Å². The van der Waals surface area contributed by atoms with E-state index in [1.165, 1.54) is 25.4 Å². The molecule has 1 fully saturated rings. The van der Waals surface area contributed by atoms with E-state index in [9.17, 15) is 17.6 Å². The van der Waals surface area contributed by atoms with Crippen molar-refractivity contribution in [2.24, 2.45) is 0 Å². The third kappa shape index (κ3) is 4.54. The van der Waals surface area contributed by atoms with Gasteiger partial charge in [0.15, 0.2) is 9.84 Å². The SMILES string of the molecule is COc1ncc(Cl)cc1-c1nn(-c2ccc(F)cc2)c2cc(C(=O)NC3(C)CCS(=O)(=O)C3)ccc12. The Morgan fingerprint density at radius 1 is 1.19 bits per heavy atom. The highest BCUT2D eigenvalue weighted by Gasteiger charge is 2.39. The summed E-state index contributed by atoms with van der Waals surface area (Å²) in [6, 6.07) is 12.6. The largest absolute Gasteiger partial charge is 0.481 e. The van der Waals surface area contributed by atoms with E-state index in [4.69, 9.17) is 21.4 Å². The molecule has 2 aromatic heterocycles. The molecular weight excluding hydrogens is 507 g/mol. The number of carbonyl (C=O) groups excluding carboxylic acids is 1. The summed E-state index contributed by atoms with van der Waals surface area (Å²) in [5.41, 5.74) is 1.72. The molecule has 5 rings (SSSR count). The first kappa shape index (κ1) is 24.2. The number of rotatable bonds is 5. The number of methoxy groups -OCH3 is 1. The van der Waals surface area contributed by atoms with Crippen LogP contribution in [0, 0.1) is 5.82 Å². The second-order valence-corrected chi connectivity index (χ2v) is 11.7. The van der Waals surface area contributed by atoms with Crippen molar-refractivity contribution in [2.45, 2.75) is 18.9 Å². The molecule has 0 aliphatic carbocycles. The number of hydrogen-bond donors (Lipinski definition) is 1. The Kier molecular flexibility index (Phi) is 5.96. The maximum atomic E-state index is 13.6. The number of sulfone groups is 1. The monoisotopic (exact) mass is 528 g/mol. The van der Waals surface area contributed by atoms with E-state index < -0.39 is 27.1 Å². The molecule has 0 spiro atoms. The highest BCUT2D eigenvalue weighted by Crippen LogP contribution is 2.36. The molecule has 0 radical (unpaired) electrons. The molecule has 4 aromatic rings. The van der Waals surface area contributed by atoms with E-state index in [0.29, 0.717) is 50.7 Å². The summed E-state index contributed by atoms with van der Waals surface area (Å²) >= 11 is 6.21. The van der Waals surface area contributed by atoms with E-state index in [2.05, 4.69) is 10.3 Å². The van der Waals surface area contributed by atoms with Crippen molar-refractivity contribution in [1.29, 1.82) is 0 Å². The standard InChI is InChI=1S/C25H22ClFN4O4S/c1-25(9-10-36(33,34)14-25)29-23(32)15-3-8-19-21(11-15)31(18-6-4-17(27)5-7-18)30-22(19)20-12-16(26)13-28-24(20)35-2/h3-8,11-13H,9-10,14H2,1-2H3,(H,29,32). The highest BCUT2D eigenvalue weighted by atomic mass is 35.5. The van der Waals surface area contributed by atoms with Crippen LogP contribution in [0.25, 0.3) is 27.8 Å². The molecule has 8 nitrogen and oxygen atoms in total. The summed E-state index contributed by atoms with van der Waals surface area (Å²) in [5.74, 6) is -0.531. The third-order valence-electron chi connectivity index (χ3n) is 6.20. The van der Waals surface area contributed by atoms with Crippen molar-refractivity contribution in [3.05, 3.63) is 71.1 Å². The first-order valence-electron chi connectivity index (χ1n) is 11.1. The molecule has 2 aromatic carbocycles. The number of amides is 1. The number of benzene rings is 2. The summed E-state index contributed by atoms with van der Waals surface area (Å²) in [4.78, 5) is 17.4. The Morgan fingerprint density at radius 2 is 1.94 bits per heavy atom. The van der Waals surface area contributed by atoms with Crippen LogP contribution in [0.15, 0.2) is 54.7 Å². The molecule has 1 unspecified atom stereocenters. The first-order chi connectivity index (χ1) is 17.1. The number of ether oxygens (including phenoxy) is 1. The van der Waals surface area contributed by atoms with Crippen molar-refractivity contribution >= 4 is 38.2 Å². The summed E-state index contributed by atoms with van der Waals surface area (Å²) < 4.78 is 44.6. The number of nitrogens with one attached hydrogen (secondary N) is 1. The number of aromatic nitrogens is 3. The van der Waals surface area contributed by atoms with Crippen molar-refractivity contribution in [3.63, 3.8) is 0 Å². The molecule has 11 heteroatoms. The predicted molar refractivity (Wildman–Crippen MR) is 135 cm³/mol. The van der Waals surface area contributed by atoms with Gasteiger partial charge >= 0.3 is 0 Å². The van der Waals surface area contributed by atoms with Crippen LogP contribution in [0.2, 0.25) is 5.02 Å². The average molecular weight is 529 g/mol. The fourth-order valence-electron chi connectivity index (χ4n) is 4.45. The minimum absolute atomic E-state index is 0.0407. The van der Waals surface area contributed by atoms with Crippen LogP contribution in [-0.2, 0) is 9.84 Å². The van der Waals surface area contributed by atoms with Crippen LogP contribution in [0.4, 0.5) is 4.39 Å². The highest BCUT2D eigenvalue weighted by molar-refractivity contribution is 7.91. The molecular formula is C25H22ClFN4O4S. The number of fused-ring (bicyclic) bond motifs is 1. The molecule has 36 heavy (non-hydrogen) atoms. The summed E-state index contributed by atoms with van der Waals surface area (Å²) in [6.45, 7) is 1.73. The van der Waals surface area contributed by atoms with E-state index in [0.717, 1.165) is 0 Å². The average Bonchev–Trinajstić information content (AvgIpc) is 3.35. The van der Waals surface area contributed by atoms with E-state index in [1.807, 2.05) is 0 Å². The summed E-state index contributed by atoms with van der Waals surface area (Å²) in [7, 11) is -1.70. The zero-order valence-electron chi connectivity index (χ0n) is 19.5. The second kappa shape index (κ2) is 8.86.